The van der Waals surface area contributed by atoms with Crippen LogP contribution < -0.4 is 10.1 Å². The highest BCUT2D eigenvalue weighted by Crippen LogP contribution is 2.32. The molecule has 0 radical (unpaired) electrons. The molecule has 0 spiro atoms. The van der Waals surface area contributed by atoms with Gasteiger partial charge in [0.25, 0.3) is 0 Å². The molecule has 1 aliphatic rings. The zero-order valence-corrected chi connectivity index (χ0v) is 15.4. The van der Waals surface area contributed by atoms with Crippen LogP contribution in [-0.2, 0) is 6.54 Å². The lowest BCUT2D eigenvalue weighted by Crippen LogP contribution is -2.23. The van der Waals surface area contributed by atoms with Crippen LogP contribution in [0, 0.1) is 0 Å². The van der Waals surface area contributed by atoms with Crippen LogP contribution in [0.25, 0.3) is 0 Å². The van der Waals surface area contributed by atoms with Crippen molar-refractivity contribution < 1.29 is 4.74 Å². The fraction of sp³-hybridized carbons (Fsp3) is 0.286. The zero-order chi connectivity index (χ0) is 18.5. The van der Waals surface area contributed by atoms with Crippen molar-refractivity contribution in [1.82, 2.24) is 19.9 Å². The lowest BCUT2D eigenvalue weighted by Gasteiger charge is -2.24. The van der Waals surface area contributed by atoms with Crippen molar-refractivity contribution in [3.8, 4) is 5.75 Å². The van der Waals surface area contributed by atoms with Crippen LogP contribution in [-0.4, -0.2) is 33.5 Å². The predicted molar refractivity (Wildman–Crippen MR) is 105 cm³/mol. The highest BCUT2D eigenvalue weighted by atomic mass is 16.5. The minimum Gasteiger partial charge on any atom is -0.495 e. The van der Waals surface area contributed by atoms with Crippen LogP contribution >= 0.6 is 0 Å². The number of ether oxygens (including phenoxy) is 1. The summed E-state index contributed by atoms with van der Waals surface area (Å²) >= 11 is 0. The fourth-order valence-electron chi connectivity index (χ4n) is 3.51. The summed E-state index contributed by atoms with van der Waals surface area (Å²) in [7, 11) is 1.67. The van der Waals surface area contributed by atoms with Gasteiger partial charge in [-0.2, -0.15) is 0 Å². The van der Waals surface area contributed by atoms with Gasteiger partial charge in [-0.05, 0) is 55.3 Å². The maximum atomic E-state index is 5.29. The van der Waals surface area contributed by atoms with Crippen LogP contribution in [0.4, 0.5) is 11.5 Å². The summed E-state index contributed by atoms with van der Waals surface area (Å²) in [5.74, 6) is 1.62. The molecule has 4 heterocycles. The molecule has 1 N–H and O–H groups in total. The molecule has 1 aliphatic heterocycles. The second-order valence-corrected chi connectivity index (χ2v) is 6.67. The monoisotopic (exact) mass is 361 g/mol. The first-order valence-corrected chi connectivity index (χ1v) is 9.18. The molecule has 3 aromatic heterocycles. The number of nitrogens with one attached hydrogen (secondary N) is 1. The Morgan fingerprint density at radius 3 is 2.89 bits per heavy atom. The first-order valence-electron chi connectivity index (χ1n) is 9.18. The topological polar surface area (TPSA) is 63.2 Å². The molecule has 0 saturated carbocycles. The summed E-state index contributed by atoms with van der Waals surface area (Å²) in [6.07, 6.45) is 9.60. The van der Waals surface area contributed by atoms with Gasteiger partial charge in [0.15, 0.2) is 0 Å². The highest BCUT2D eigenvalue weighted by molar-refractivity contribution is 5.54. The van der Waals surface area contributed by atoms with E-state index >= 15 is 0 Å². The van der Waals surface area contributed by atoms with E-state index in [2.05, 4.69) is 38.4 Å². The fourth-order valence-corrected chi connectivity index (χ4v) is 3.51. The van der Waals surface area contributed by atoms with Crippen LogP contribution in [0.2, 0.25) is 0 Å². The first-order chi connectivity index (χ1) is 13.3. The molecule has 27 heavy (non-hydrogen) atoms. The Balaban J connectivity index is 1.45. The van der Waals surface area contributed by atoms with Gasteiger partial charge >= 0.3 is 0 Å². The summed E-state index contributed by atoms with van der Waals surface area (Å²) in [5, 5.41) is 3.28. The van der Waals surface area contributed by atoms with E-state index in [0.717, 1.165) is 48.0 Å². The summed E-state index contributed by atoms with van der Waals surface area (Å²) < 4.78 is 5.29. The molecule has 6 heteroatoms. The van der Waals surface area contributed by atoms with Gasteiger partial charge in [0.1, 0.15) is 11.6 Å². The Hall–Kier alpha value is -2.99. The van der Waals surface area contributed by atoms with E-state index in [4.69, 9.17) is 9.72 Å². The number of anilines is 2. The van der Waals surface area contributed by atoms with Crippen LogP contribution in [0.15, 0.2) is 61.2 Å². The van der Waals surface area contributed by atoms with Gasteiger partial charge in [-0.3, -0.25) is 14.9 Å². The first kappa shape index (κ1) is 17.4. The largest absolute Gasteiger partial charge is 0.495 e. The van der Waals surface area contributed by atoms with Gasteiger partial charge in [-0.1, -0.05) is 6.07 Å². The van der Waals surface area contributed by atoms with Gasteiger partial charge in [0, 0.05) is 18.9 Å². The van der Waals surface area contributed by atoms with Crippen molar-refractivity contribution in [3.05, 3.63) is 72.4 Å². The number of pyridine rings is 3. The molecular formula is C21H23N5O. The van der Waals surface area contributed by atoms with E-state index in [0.29, 0.717) is 6.04 Å². The average molecular weight is 361 g/mol. The second kappa shape index (κ2) is 8.14. The summed E-state index contributed by atoms with van der Waals surface area (Å²) in [6, 6.07) is 12.4. The molecule has 0 aromatic carbocycles. The summed E-state index contributed by atoms with van der Waals surface area (Å²) in [5.41, 5.74) is 3.21. The molecule has 0 aliphatic carbocycles. The Kier molecular flexibility index (Phi) is 5.25. The SMILES string of the molecule is COc1cncc(CN2CCCC2c2ccc(Nc3ccccn3)cn2)c1. The van der Waals surface area contributed by atoms with E-state index in [1.807, 2.05) is 30.6 Å². The van der Waals surface area contributed by atoms with E-state index < -0.39 is 0 Å². The minimum absolute atomic E-state index is 0.333. The van der Waals surface area contributed by atoms with Crippen molar-refractivity contribution in [2.24, 2.45) is 0 Å². The maximum absolute atomic E-state index is 5.29. The molecule has 0 bridgehead atoms. The standard InChI is InChI=1S/C21H23N5O/c1-27-18-11-16(12-22-14-18)15-26-10-4-5-20(26)19-8-7-17(13-24-19)25-21-6-2-3-9-23-21/h2-3,6-9,11-14,20H,4-5,10,15H2,1H3,(H,23,25). The second-order valence-electron chi connectivity index (χ2n) is 6.67. The summed E-state index contributed by atoms with van der Waals surface area (Å²) in [4.78, 5) is 15.7. The van der Waals surface area contributed by atoms with Crippen molar-refractivity contribution in [2.45, 2.75) is 25.4 Å². The van der Waals surface area contributed by atoms with Gasteiger partial charge < -0.3 is 10.1 Å². The average Bonchev–Trinajstić information content (AvgIpc) is 3.17. The quantitative estimate of drug-likeness (QED) is 0.717. The third-order valence-electron chi connectivity index (χ3n) is 4.82. The van der Waals surface area contributed by atoms with E-state index in [-0.39, 0.29) is 0 Å². The van der Waals surface area contributed by atoms with Crippen molar-refractivity contribution in [2.75, 3.05) is 19.0 Å². The molecule has 1 atom stereocenters. The number of hydrogen-bond acceptors (Lipinski definition) is 6. The number of methoxy groups -OCH3 is 1. The van der Waals surface area contributed by atoms with E-state index in [9.17, 15) is 0 Å². The molecular weight excluding hydrogens is 338 g/mol. The lowest BCUT2D eigenvalue weighted by molar-refractivity contribution is 0.244. The van der Waals surface area contributed by atoms with E-state index in [1.165, 1.54) is 6.42 Å². The molecule has 1 unspecified atom stereocenters. The number of hydrogen-bond donors (Lipinski definition) is 1. The Morgan fingerprint density at radius 2 is 2.11 bits per heavy atom. The number of likely N-dealkylation sites (tertiary alicyclic amines) is 1. The third-order valence-corrected chi connectivity index (χ3v) is 4.82. The zero-order valence-electron chi connectivity index (χ0n) is 15.4. The normalized spacial score (nSPS) is 17.0. The van der Waals surface area contributed by atoms with E-state index in [1.54, 1.807) is 19.5 Å². The Labute approximate surface area is 159 Å². The van der Waals surface area contributed by atoms with Crippen molar-refractivity contribution >= 4 is 11.5 Å². The van der Waals surface area contributed by atoms with Crippen LogP contribution in [0.3, 0.4) is 0 Å². The number of nitrogens with zero attached hydrogens (tertiary/aromatic N) is 4. The molecule has 4 rings (SSSR count). The Bertz CT molecular complexity index is 869. The smallest absolute Gasteiger partial charge is 0.137 e. The molecule has 3 aromatic rings. The van der Waals surface area contributed by atoms with Gasteiger partial charge in [0.05, 0.1) is 36.9 Å². The molecule has 6 nitrogen and oxygen atoms in total. The Morgan fingerprint density at radius 1 is 1.15 bits per heavy atom. The molecule has 1 saturated heterocycles. The third kappa shape index (κ3) is 4.23. The van der Waals surface area contributed by atoms with Crippen molar-refractivity contribution in [1.29, 1.82) is 0 Å². The van der Waals surface area contributed by atoms with Crippen LogP contribution in [0.1, 0.15) is 30.1 Å². The molecule has 1 fully saturated rings. The molecule has 138 valence electrons. The predicted octanol–water partition coefficient (Wildman–Crippen LogP) is 3.96. The number of rotatable bonds is 6. The highest BCUT2D eigenvalue weighted by Gasteiger charge is 2.27. The minimum atomic E-state index is 0.333. The number of aromatic nitrogens is 3. The lowest BCUT2D eigenvalue weighted by atomic mass is 10.1. The van der Waals surface area contributed by atoms with Gasteiger partial charge in [-0.15, -0.1) is 0 Å². The summed E-state index contributed by atoms with van der Waals surface area (Å²) in [6.45, 7) is 1.92. The van der Waals surface area contributed by atoms with Gasteiger partial charge in [0.2, 0.25) is 0 Å². The van der Waals surface area contributed by atoms with Gasteiger partial charge in [-0.25, -0.2) is 4.98 Å². The molecule has 0 amide bonds. The van der Waals surface area contributed by atoms with Crippen molar-refractivity contribution in [3.63, 3.8) is 0 Å². The maximum Gasteiger partial charge on any atom is 0.137 e. The van der Waals surface area contributed by atoms with Crippen LogP contribution in [0.5, 0.6) is 5.75 Å².